The van der Waals surface area contributed by atoms with Crippen LogP contribution >= 0.6 is 0 Å². The number of aryl methyl sites for hydroxylation is 1. The third-order valence-electron chi connectivity index (χ3n) is 2.89. The molecule has 1 fully saturated rings. The van der Waals surface area contributed by atoms with Gasteiger partial charge < -0.3 is 4.90 Å². The SMILES string of the molecule is Cc1ccc(N2CCN([SH](=O)=O)CC2)cc1. The van der Waals surface area contributed by atoms with Crippen LogP contribution in [0.2, 0.25) is 0 Å². The molecule has 1 aromatic carbocycles. The van der Waals surface area contributed by atoms with Crippen molar-refractivity contribution in [2.75, 3.05) is 31.1 Å². The molecule has 5 heteroatoms. The minimum absolute atomic E-state index is 0.590. The number of nitrogens with zero attached hydrogens (tertiary/aromatic N) is 2. The van der Waals surface area contributed by atoms with Gasteiger partial charge in [0, 0.05) is 31.9 Å². The lowest BCUT2D eigenvalue weighted by molar-refractivity contribution is 0.397. The lowest BCUT2D eigenvalue weighted by Crippen LogP contribution is -2.45. The number of hydrogen-bond acceptors (Lipinski definition) is 3. The summed E-state index contributed by atoms with van der Waals surface area (Å²) < 4.78 is 23.1. The highest BCUT2D eigenvalue weighted by atomic mass is 32.2. The highest BCUT2D eigenvalue weighted by Gasteiger charge is 2.18. The van der Waals surface area contributed by atoms with Crippen molar-refractivity contribution < 1.29 is 8.42 Å². The van der Waals surface area contributed by atoms with Crippen LogP contribution in [0.25, 0.3) is 0 Å². The maximum Gasteiger partial charge on any atom is 0.204 e. The van der Waals surface area contributed by atoms with Gasteiger partial charge in [-0.15, -0.1) is 0 Å². The Bertz CT molecular complexity index is 412. The van der Waals surface area contributed by atoms with Crippen molar-refractivity contribution in [3.63, 3.8) is 0 Å². The fourth-order valence-electron chi connectivity index (χ4n) is 1.87. The maximum absolute atomic E-state index is 10.8. The van der Waals surface area contributed by atoms with Gasteiger partial charge in [-0.05, 0) is 19.1 Å². The van der Waals surface area contributed by atoms with Gasteiger partial charge in [0.1, 0.15) is 0 Å². The van der Waals surface area contributed by atoms with Gasteiger partial charge in [-0.1, -0.05) is 17.7 Å². The van der Waals surface area contributed by atoms with E-state index in [-0.39, 0.29) is 0 Å². The number of anilines is 1. The van der Waals surface area contributed by atoms with Gasteiger partial charge in [0.15, 0.2) is 0 Å². The molecule has 1 aliphatic heterocycles. The normalized spacial score (nSPS) is 18.0. The minimum Gasteiger partial charge on any atom is -0.369 e. The van der Waals surface area contributed by atoms with Gasteiger partial charge in [-0.3, -0.25) is 0 Å². The standard InChI is InChI=1S/C11H16N2O2S/c1-10-2-4-11(5-3-10)12-6-8-13(9-7-12)16(14)15/h2-5,16H,6-9H2,1H3. The first kappa shape index (κ1) is 11.4. The number of hydrogen-bond donors (Lipinski definition) is 1. The van der Waals surface area contributed by atoms with Gasteiger partial charge >= 0.3 is 0 Å². The molecule has 2 rings (SSSR count). The molecule has 0 aliphatic carbocycles. The molecule has 4 nitrogen and oxygen atoms in total. The van der Waals surface area contributed by atoms with Crippen LogP contribution in [0.15, 0.2) is 24.3 Å². The Hall–Kier alpha value is -1.07. The Kier molecular flexibility index (Phi) is 3.46. The van der Waals surface area contributed by atoms with Crippen molar-refractivity contribution >= 4 is 16.6 Å². The second kappa shape index (κ2) is 4.84. The van der Waals surface area contributed by atoms with Crippen LogP contribution in [0.4, 0.5) is 5.69 Å². The van der Waals surface area contributed by atoms with Gasteiger partial charge in [-0.2, -0.15) is 0 Å². The van der Waals surface area contributed by atoms with E-state index in [0.29, 0.717) is 13.1 Å². The zero-order valence-electron chi connectivity index (χ0n) is 9.30. The molecule has 0 bridgehead atoms. The van der Waals surface area contributed by atoms with E-state index in [1.165, 1.54) is 15.6 Å². The predicted octanol–water partition coefficient (Wildman–Crippen LogP) is 0.643. The zero-order chi connectivity index (χ0) is 11.5. The van der Waals surface area contributed by atoms with E-state index < -0.39 is 10.9 Å². The zero-order valence-corrected chi connectivity index (χ0v) is 10.2. The molecule has 16 heavy (non-hydrogen) atoms. The average molecular weight is 240 g/mol. The van der Waals surface area contributed by atoms with Crippen molar-refractivity contribution in [2.24, 2.45) is 0 Å². The molecule has 0 atom stereocenters. The number of rotatable bonds is 2. The fraction of sp³-hybridized carbons (Fsp3) is 0.455. The molecule has 0 amide bonds. The van der Waals surface area contributed by atoms with E-state index in [9.17, 15) is 8.42 Å². The van der Waals surface area contributed by atoms with Crippen LogP contribution in [-0.4, -0.2) is 38.9 Å². The van der Waals surface area contributed by atoms with Crippen LogP contribution in [-0.2, 0) is 10.9 Å². The summed E-state index contributed by atoms with van der Waals surface area (Å²) in [6, 6.07) is 8.33. The third-order valence-corrected chi connectivity index (χ3v) is 3.75. The third kappa shape index (κ3) is 2.54. The summed E-state index contributed by atoms with van der Waals surface area (Å²) in [5, 5.41) is 0. The average Bonchev–Trinajstić information content (AvgIpc) is 2.30. The number of thiol groups is 1. The van der Waals surface area contributed by atoms with E-state index in [0.717, 1.165) is 13.1 Å². The van der Waals surface area contributed by atoms with Crippen molar-refractivity contribution in [3.05, 3.63) is 29.8 Å². The summed E-state index contributed by atoms with van der Waals surface area (Å²) in [7, 11) is -2.41. The summed E-state index contributed by atoms with van der Waals surface area (Å²) in [4.78, 5) is 2.22. The Morgan fingerprint density at radius 3 is 2.06 bits per heavy atom. The second-order valence-corrected chi connectivity index (χ2v) is 5.06. The number of piperazine rings is 1. The topological polar surface area (TPSA) is 40.6 Å². The molecule has 1 aliphatic rings. The minimum atomic E-state index is -2.41. The van der Waals surface area contributed by atoms with E-state index in [1.54, 1.807) is 0 Å². The first-order chi connectivity index (χ1) is 7.66. The monoisotopic (exact) mass is 240 g/mol. The summed E-state index contributed by atoms with van der Waals surface area (Å²) in [5.41, 5.74) is 2.41. The molecule has 0 aromatic heterocycles. The molecule has 0 unspecified atom stereocenters. The van der Waals surface area contributed by atoms with Crippen LogP contribution in [0, 0.1) is 6.92 Å². The highest BCUT2D eigenvalue weighted by Crippen LogP contribution is 2.16. The van der Waals surface area contributed by atoms with E-state index >= 15 is 0 Å². The van der Waals surface area contributed by atoms with Crippen molar-refractivity contribution in [1.29, 1.82) is 0 Å². The van der Waals surface area contributed by atoms with Gasteiger partial charge in [0.05, 0.1) is 0 Å². The Balaban J connectivity index is 2.01. The van der Waals surface area contributed by atoms with Gasteiger partial charge in [-0.25, -0.2) is 12.7 Å². The first-order valence-electron chi connectivity index (χ1n) is 5.38. The molecule has 1 saturated heterocycles. The fourth-order valence-corrected chi connectivity index (χ4v) is 2.38. The lowest BCUT2D eigenvalue weighted by Gasteiger charge is -2.33. The molecule has 1 heterocycles. The largest absolute Gasteiger partial charge is 0.369 e. The smallest absolute Gasteiger partial charge is 0.204 e. The Morgan fingerprint density at radius 2 is 1.56 bits per heavy atom. The number of benzene rings is 1. The van der Waals surface area contributed by atoms with Crippen LogP contribution < -0.4 is 4.90 Å². The predicted molar refractivity (Wildman–Crippen MR) is 65.3 cm³/mol. The van der Waals surface area contributed by atoms with E-state index in [2.05, 4.69) is 36.1 Å². The molecular formula is C11H16N2O2S. The molecule has 1 aromatic rings. The lowest BCUT2D eigenvalue weighted by atomic mass is 10.2. The van der Waals surface area contributed by atoms with Gasteiger partial charge in [0.2, 0.25) is 10.9 Å². The van der Waals surface area contributed by atoms with E-state index in [1.807, 2.05) is 0 Å². The summed E-state index contributed by atoms with van der Waals surface area (Å²) in [5.74, 6) is 0. The maximum atomic E-state index is 10.8. The highest BCUT2D eigenvalue weighted by molar-refractivity contribution is 7.69. The molecule has 0 spiro atoms. The summed E-state index contributed by atoms with van der Waals surface area (Å²) in [6.07, 6.45) is 0. The second-order valence-electron chi connectivity index (χ2n) is 4.01. The Morgan fingerprint density at radius 1 is 1.00 bits per heavy atom. The summed E-state index contributed by atoms with van der Waals surface area (Å²) in [6.45, 7) is 4.78. The van der Waals surface area contributed by atoms with Crippen molar-refractivity contribution in [2.45, 2.75) is 6.92 Å². The van der Waals surface area contributed by atoms with Crippen LogP contribution in [0.1, 0.15) is 5.56 Å². The molecule has 0 saturated carbocycles. The van der Waals surface area contributed by atoms with Crippen molar-refractivity contribution in [3.8, 4) is 0 Å². The molecular weight excluding hydrogens is 224 g/mol. The summed E-state index contributed by atoms with van der Waals surface area (Å²) >= 11 is 0. The first-order valence-corrected chi connectivity index (χ1v) is 6.51. The van der Waals surface area contributed by atoms with Crippen LogP contribution in [0.5, 0.6) is 0 Å². The van der Waals surface area contributed by atoms with E-state index in [4.69, 9.17) is 0 Å². The van der Waals surface area contributed by atoms with Crippen molar-refractivity contribution in [1.82, 2.24) is 4.31 Å². The molecule has 0 N–H and O–H groups in total. The molecule has 88 valence electrons. The van der Waals surface area contributed by atoms with Crippen LogP contribution in [0.3, 0.4) is 0 Å². The molecule has 0 radical (unpaired) electrons. The Labute approximate surface area is 97.6 Å². The van der Waals surface area contributed by atoms with Gasteiger partial charge in [0.25, 0.3) is 0 Å². The quantitative estimate of drug-likeness (QED) is 0.771.